The Hall–Kier alpha value is -1.67. The number of anilines is 1. The largest absolute Gasteiger partial charge is 0.495 e. The Morgan fingerprint density at radius 1 is 1.14 bits per heavy atom. The molecule has 0 heterocycles. The van der Waals surface area contributed by atoms with Gasteiger partial charge in [0.1, 0.15) is 22.3 Å². The summed E-state index contributed by atoms with van der Waals surface area (Å²) in [5.74, 6) is -1.63. The summed E-state index contributed by atoms with van der Waals surface area (Å²) >= 11 is 3.19. The van der Waals surface area contributed by atoms with Crippen LogP contribution in [0, 0.1) is 11.6 Å². The molecular formula is C14H12BrF2NO3S. The first-order valence-corrected chi connectivity index (χ1v) is 8.28. The van der Waals surface area contributed by atoms with E-state index in [2.05, 4.69) is 15.9 Å². The van der Waals surface area contributed by atoms with Crippen molar-refractivity contribution in [2.75, 3.05) is 18.5 Å². The lowest BCUT2D eigenvalue weighted by molar-refractivity contribution is 0.402. The summed E-state index contributed by atoms with van der Waals surface area (Å²) in [5, 5.41) is 0. The average molecular weight is 392 g/mol. The summed E-state index contributed by atoms with van der Waals surface area (Å²) in [6.07, 6.45) is 0. The van der Waals surface area contributed by atoms with Crippen LogP contribution in [0.1, 0.15) is 0 Å². The Morgan fingerprint density at radius 2 is 1.82 bits per heavy atom. The first kappa shape index (κ1) is 16.7. The van der Waals surface area contributed by atoms with Crippen molar-refractivity contribution in [3.05, 3.63) is 52.5 Å². The lowest BCUT2D eigenvalue weighted by Crippen LogP contribution is -2.27. The maximum absolute atomic E-state index is 13.8. The maximum Gasteiger partial charge on any atom is 0.267 e. The van der Waals surface area contributed by atoms with E-state index in [1.165, 1.54) is 26.3 Å². The van der Waals surface area contributed by atoms with Crippen LogP contribution in [0.4, 0.5) is 14.5 Å². The number of benzene rings is 2. The van der Waals surface area contributed by atoms with E-state index < -0.39 is 21.7 Å². The van der Waals surface area contributed by atoms with Crippen molar-refractivity contribution in [3.8, 4) is 5.75 Å². The van der Waals surface area contributed by atoms with E-state index in [9.17, 15) is 17.2 Å². The molecule has 0 spiro atoms. The third-order valence-electron chi connectivity index (χ3n) is 3.01. The molecule has 0 aliphatic heterocycles. The zero-order chi connectivity index (χ0) is 16.5. The molecule has 8 heteroatoms. The van der Waals surface area contributed by atoms with Gasteiger partial charge in [0.15, 0.2) is 0 Å². The molecule has 4 nitrogen and oxygen atoms in total. The van der Waals surface area contributed by atoms with Crippen molar-refractivity contribution in [1.82, 2.24) is 0 Å². The molecule has 0 radical (unpaired) electrons. The minimum Gasteiger partial charge on any atom is -0.495 e. The van der Waals surface area contributed by atoms with Crippen LogP contribution < -0.4 is 9.04 Å². The van der Waals surface area contributed by atoms with Gasteiger partial charge in [0.05, 0.1) is 12.8 Å². The van der Waals surface area contributed by atoms with Gasteiger partial charge >= 0.3 is 0 Å². The quantitative estimate of drug-likeness (QED) is 0.800. The van der Waals surface area contributed by atoms with E-state index in [0.29, 0.717) is 10.5 Å². The second-order valence-electron chi connectivity index (χ2n) is 4.36. The summed E-state index contributed by atoms with van der Waals surface area (Å²) in [6.45, 7) is 0. The molecule has 2 aromatic carbocycles. The molecule has 0 unspecified atom stereocenters. The number of nitrogens with zero attached hydrogens (tertiary/aromatic N) is 1. The number of sulfonamides is 1. The Labute approximate surface area is 135 Å². The molecule has 0 saturated carbocycles. The van der Waals surface area contributed by atoms with Crippen LogP contribution in [0.15, 0.2) is 45.8 Å². The van der Waals surface area contributed by atoms with Crippen LogP contribution >= 0.6 is 15.9 Å². The monoisotopic (exact) mass is 391 g/mol. The molecule has 0 atom stereocenters. The predicted molar refractivity (Wildman–Crippen MR) is 82.6 cm³/mol. The highest BCUT2D eigenvalue weighted by molar-refractivity contribution is 9.10. The van der Waals surface area contributed by atoms with E-state index in [1.807, 2.05) is 0 Å². The average Bonchev–Trinajstić information content (AvgIpc) is 2.46. The molecule has 0 aromatic heterocycles. The molecular weight excluding hydrogens is 380 g/mol. The van der Waals surface area contributed by atoms with Crippen molar-refractivity contribution in [1.29, 1.82) is 0 Å². The van der Waals surface area contributed by atoms with Crippen molar-refractivity contribution < 1.29 is 21.9 Å². The molecule has 2 rings (SSSR count). The molecule has 2 aromatic rings. The van der Waals surface area contributed by atoms with Crippen LogP contribution in [-0.4, -0.2) is 22.6 Å². The van der Waals surface area contributed by atoms with Gasteiger partial charge in [0.2, 0.25) is 0 Å². The Morgan fingerprint density at radius 3 is 2.41 bits per heavy atom. The fourth-order valence-electron chi connectivity index (χ4n) is 1.87. The molecule has 0 amide bonds. The van der Waals surface area contributed by atoms with Gasteiger partial charge in [0.25, 0.3) is 10.0 Å². The zero-order valence-corrected chi connectivity index (χ0v) is 14.1. The van der Waals surface area contributed by atoms with Crippen molar-refractivity contribution in [2.45, 2.75) is 4.90 Å². The Bertz CT molecular complexity index is 812. The van der Waals surface area contributed by atoms with Crippen LogP contribution in [0.2, 0.25) is 0 Å². The number of rotatable bonds is 4. The second kappa shape index (κ2) is 6.21. The van der Waals surface area contributed by atoms with Gasteiger partial charge in [-0.2, -0.15) is 0 Å². The molecule has 0 aliphatic carbocycles. The number of ether oxygens (including phenoxy) is 1. The lowest BCUT2D eigenvalue weighted by atomic mass is 10.3. The van der Waals surface area contributed by atoms with Gasteiger partial charge in [-0.05, 0) is 30.3 Å². The highest BCUT2D eigenvalue weighted by atomic mass is 79.9. The third kappa shape index (κ3) is 3.07. The van der Waals surface area contributed by atoms with E-state index in [-0.39, 0.29) is 16.3 Å². The number of hydrogen-bond donors (Lipinski definition) is 0. The van der Waals surface area contributed by atoms with Crippen LogP contribution in [-0.2, 0) is 10.0 Å². The third-order valence-corrected chi connectivity index (χ3v) is 5.30. The van der Waals surface area contributed by atoms with E-state index in [0.717, 1.165) is 16.4 Å². The Balaban J connectivity index is 2.57. The van der Waals surface area contributed by atoms with E-state index in [4.69, 9.17) is 4.74 Å². The molecule has 0 fully saturated rings. The van der Waals surface area contributed by atoms with Crippen molar-refractivity contribution >= 4 is 31.6 Å². The topological polar surface area (TPSA) is 46.6 Å². The van der Waals surface area contributed by atoms with Gasteiger partial charge < -0.3 is 4.74 Å². The molecule has 0 saturated heterocycles. The van der Waals surface area contributed by atoms with Crippen molar-refractivity contribution in [2.24, 2.45) is 0 Å². The standard InChI is InChI=1S/C14H12BrF2NO3S/c1-18(12-5-4-10(16)8-11(12)17)22(19,20)14-7-9(15)3-6-13(14)21-2/h3-8H,1-2H3. The first-order valence-electron chi connectivity index (χ1n) is 6.05. The number of hydrogen-bond acceptors (Lipinski definition) is 3. The van der Waals surface area contributed by atoms with Crippen LogP contribution in [0.3, 0.4) is 0 Å². The van der Waals surface area contributed by atoms with Gasteiger partial charge in [-0.25, -0.2) is 17.2 Å². The highest BCUT2D eigenvalue weighted by Gasteiger charge is 2.27. The van der Waals surface area contributed by atoms with Crippen LogP contribution in [0.5, 0.6) is 5.75 Å². The lowest BCUT2D eigenvalue weighted by Gasteiger charge is -2.21. The van der Waals surface area contributed by atoms with Gasteiger partial charge in [-0.15, -0.1) is 0 Å². The predicted octanol–water partition coefficient (Wildman–Crippen LogP) is 3.56. The molecule has 0 N–H and O–H groups in total. The summed E-state index contributed by atoms with van der Waals surface area (Å²) in [4.78, 5) is -0.129. The molecule has 118 valence electrons. The molecule has 0 bridgehead atoms. The summed E-state index contributed by atoms with van der Waals surface area (Å²) in [7, 11) is -1.56. The molecule has 0 aliphatic rings. The molecule has 22 heavy (non-hydrogen) atoms. The van der Waals surface area contributed by atoms with Gasteiger partial charge in [-0.1, -0.05) is 15.9 Å². The van der Waals surface area contributed by atoms with Gasteiger partial charge in [-0.3, -0.25) is 4.31 Å². The van der Waals surface area contributed by atoms with Crippen LogP contribution in [0.25, 0.3) is 0 Å². The zero-order valence-electron chi connectivity index (χ0n) is 11.7. The number of methoxy groups -OCH3 is 1. The fourth-order valence-corrected chi connectivity index (χ4v) is 3.76. The van der Waals surface area contributed by atoms with Gasteiger partial charge in [0, 0.05) is 17.6 Å². The second-order valence-corrected chi connectivity index (χ2v) is 7.22. The van der Waals surface area contributed by atoms with E-state index in [1.54, 1.807) is 6.07 Å². The fraction of sp³-hybridized carbons (Fsp3) is 0.143. The van der Waals surface area contributed by atoms with Crippen molar-refractivity contribution in [3.63, 3.8) is 0 Å². The number of halogens is 3. The normalized spacial score (nSPS) is 11.3. The smallest absolute Gasteiger partial charge is 0.267 e. The maximum atomic E-state index is 13.8. The first-order chi connectivity index (χ1) is 10.3. The summed E-state index contributed by atoms with van der Waals surface area (Å²) in [5.41, 5.74) is -0.261. The minimum absolute atomic E-state index is 0.123. The minimum atomic E-state index is -4.08. The highest BCUT2D eigenvalue weighted by Crippen LogP contribution is 2.32. The Kier molecular flexibility index (Phi) is 4.72. The summed E-state index contributed by atoms with van der Waals surface area (Å²) in [6, 6.07) is 7.13. The summed E-state index contributed by atoms with van der Waals surface area (Å²) < 4.78 is 58.4. The van der Waals surface area contributed by atoms with E-state index >= 15 is 0 Å². The SMILES string of the molecule is COc1ccc(Br)cc1S(=O)(=O)N(C)c1ccc(F)cc1F.